The van der Waals surface area contributed by atoms with Crippen LogP contribution < -0.4 is 14.5 Å². The third kappa shape index (κ3) is 7.33. The highest BCUT2D eigenvalue weighted by atomic mass is 16.6. The fraction of sp³-hybridized carbons (Fsp3) is 0.515. The second-order valence-corrected chi connectivity index (χ2v) is 13.1. The molecule has 0 radical (unpaired) electrons. The predicted octanol–water partition coefficient (Wildman–Crippen LogP) is 3.35. The van der Waals surface area contributed by atoms with E-state index in [4.69, 9.17) is 19.4 Å². The Morgan fingerprint density at radius 1 is 1.02 bits per heavy atom. The normalized spacial score (nSPS) is 17.0. The number of carbonyl (C=O) groups is 2. The number of piperazine rings is 1. The molecule has 2 aromatic carbocycles. The first kappa shape index (κ1) is 32.1. The van der Waals surface area contributed by atoms with Gasteiger partial charge < -0.3 is 34.2 Å². The molecule has 1 saturated heterocycles. The van der Waals surface area contributed by atoms with Gasteiger partial charge >= 0.3 is 12.1 Å². The van der Waals surface area contributed by atoms with Crippen LogP contribution in [0.1, 0.15) is 32.0 Å². The van der Waals surface area contributed by atoms with Gasteiger partial charge in [0.25, 0.3) is 0 Å². The number of anilines is 2. The van der Waals surface area contributed by atoms with Crippen LogP contribution in [0.2, 0.25) is 0 Å². The zero-order valence-corrected chi connectivity index (χ0v) is 27.4. The van der Waals surface area contributed by atoms with E-state index in [0.29, 0.717) is 45.8 Å². The van der Waals surface area contributed by atoms with Gasteiger partial charge in [0, 0.05) is 69.5 Å². The van der Waals surface area contributed by atoms with E-state index in [1.54, 1.807) is 26.2 Å². The lowest BCUT2D eigenvalue weighted by Gasteiger charge is -2.43. The third-order valence-electron chi connectivity index (χ3n) is 7.99. The van der Waals surface area contributed by atoms with Crippen LogP contribution in [-0.2, 0) is 22.5 Å². The molecule has 1 atom stereocenters. The Morgan fingerprint density at radius 2 is 1.78 bits per heavy atom. The summed E-state index contributed by atoms with van der Waals surface area (Å²) in [6.07, 6.45) is 0.152. The maximum atomic E-state index is 13.4. The number of benzene rings is 2. The van der Waals surface area contributed by atoms with Crippen LogP contribution in [0, 0.1) is 0 Å². The average molecular weight is 620 g/mol. The first-order valence-electron chi connectivity index (χ1n) is 15.4. The highest BCUT2D eigenvalue weighted by Gasteiger charge is 2.40. The number of fused-ring (bicyclic) bond motifs is 2. The fourth-order valence-electron chi connectivity index (χ4n) is 5.80. The summed E-state index contributed by atoms with van der Waals surface area (Å²) in [6, 6.07) is 11.1. The van der Waals surface area contributed by atoms with Gasteiger partial charge in [-0.05, 0) is 52.7 Å². The average Bonchev–Trinajstić information content (AvgIpc) is 2.98. The molecule has 45 heavy (non-hydrogen) atoms. The van der Waals surface area contributed by atoms with Crippen LogP contribution in [0.3, 0.4) is 0 Å². The molecule has 0 aliphatic carbocycles. The Hall–Kier alpha value is -4.32. The molecule has 2 aliphatic heterocycles. The third-order valence-corrected chi connectivity index (χ3v) is 7.99. The highest BCUT2D eigenvalue weighted by molar-refractivity contribution is 5.95. The predicted molar refractivity (Wildman–Crippen MR) is 174 cm³/mol. The van der Waals surface area contributed by atoms with Gasteiger partial charge in [-0.2, -0.15) is 9.97 Å². The number of carbonyl (C=O) groups excluding carboxylic acids is 2. The van der Waals surface area contributed by atoms with Crippen molar-refractivity contribution in [2.75, 3.05) is 77.3 Å². The summed E-state index contributed by atoms with van der Waals surface area (Å²) in [6.45, 7) is 8.79. The SMILES string of the molecule is CN(C)CCOc1nc2c(c(N3CCN(C(=O)OC(C)(C)C)C(C(=O)N(C)C)C3)n1)CCN(c1cc(O)cc3ccccc13)C2. The first-order valence-corrected chi connectivity index (χ1v) is 15.4. The Morgan fingerprint density at radius 3 is 2.49 bits per heavy atom. The molecule has 12 nitrogen and oxygen atoms in total. The minimum atomic E-state index is -0.744. The quantitative estimate of drug-likeness (QED) is 0.422. The van der Waals surface area contributed by atoms with Gasteiger partial charge in [-0.1, -0.05) is 24.3 Å². The molecule has 3 heterocycles. The largest absolute Gasteiger partial charge is 0.508 e. The van der Waals surface area contributed by atoms with E-state index in [-0.39, 0.29) is 24.2 Å². The van der Waals surface area contributed by atoms with E-state index >= 15 is 0 Å². The Labute approximate surface area is 265 Å². The first-order chi connectivity index (χ1) is 21.3. The number of rotatable bonds is 7. The van der Waals surface area contributed by atoms with Gasteiger partial charge in [0.05, 0.1) is 12.2 Å². The number of phenols is 1. The van der Waals surface area contributed by atoms with E-state index in [0.717, 1.165) is 33.5 Å². The maximum absolute atomic E-state index is 13.4. The van der Waals surface area contributed by atoms with Crippen LogP contribution in [0.25, 0.3) is 10.8 Å². The molecule has 1 fully saturated rings. The van der Waals surface area contributed by atoms with Gasteiger partial charge in [-0.15, -0.1) is 0 Å². The monoisotopic (exact) mass is 619 g/mol. The highest BCUT2D eigenvalue weighted by Crippen LogP contribution is 2.36. The topological polar surface area (TPSA) is 115 Å². The van der Waals surface area contributed by atoms with E-state index < -0.39 is 17.7 Å². The molecular formula is C33H45N7O5. The molecule has 242 valence electrons. The minimum Gasteiger partial charge on any atom is -0.508 e. The Kier molecular flexibility index (Phi) is 9.24. The van der Waals surface area contributed by atoms with Crippen LogP contribution in [-0.4, -0.2) is 121 Å². The van der Waals surface area contributed by atoms with Gasteiger partial charge in [0.2, 0.25) is 5.91 Å². The molecule has 0 saturated carbocycles. The second kappa shape index (κ2) is 13.0. The summed E-state index contributed by atoms with van der Waals surface area (Å²) in [5.74, 6) is 0.753. The van der Waals surface area contributed by atoms with E-state index in [2.05, 4.69) is 15.9 Å². The summed E-state index contributed by atoms with van der Waals surface area (Å²) < 4.78 is 11.7. The smallest absolute Gasteiger partial charge is 0.411 e. The summed E-state index contributed by atoms with van der Waals surface area (Å²) in [4.78, 5) is 45.7. The summed E-state index contributed by atoms with van der Waals surface area (Å²) in [7, 11) is 7.34. The summed E-state index contributed by atoms with van der Waals surface area (Å²) >= 11 is 0. The number of aromatic nitrogens is 2. The number of hydrogen-bond donors (Lipinski definition) is 1. The van der Waals surface area contributed by atoms with Crippen molar-refractivity contribution in [1.29, 1.82) is 0 Å². The zero-order chi connectivity index (χ0) is 32.5. The second-order valence-electron chi connectivity index (χ2n) is 13.1. The molecule has 0 spiro atoms. The minimum absolute atomic E-state index is 0.183. The summed E-state index contributed by atoms with van der Waals surface area (Å²) in [5, 5.41) is 12.5. The number of nitrogens with zero attached hydrogens (tertiary/aromatic N) is 7. The van der Waals surface area contributed by atoms with Crippen molar-refractivity contribution < 1.29 is 24.2 Å². The zero-order valence-electron chi connectivity index (χ0n) is 27.4. The number of aromatic hydroxyl groups is 1. The number of likely N-dealkylation sites (N-methyl/N-ethyl adjacent to an activating group) is 2. The summed E-state index contributed by atoms with van der Waals surface area (Å²) in [5.41, 5.74) is 2.09. The van der Waals surface area contributed by atoms with Crippen molar-refractivity contribution in [1.82, 2.24) is 24.7 Å². The van der Waals surface area contributed by atoms with Crippen LogP contribution >= 0.6 is 0 Å². The molecule has 2 aliphatic rings. The fourth-order valence-corrected chi connectivity index (χ4v) is 5.80. The number of amides is 2. The van der Waals surface area contributed by atoms with Crippen molar-refractivity contribution in [2.24, 2.45) is 0 Å². The lowest BCUT2D eigenvalue weighted by Crippen LogP contribution is -2.61. The molecule has 1 N–H and O–H groups in total. The van der Waals surface area contributed by atoms with Gasteiger partial charge in [0.15, 0.2) is 0 Å². The molecule has 5 rings (SSSR count). The molecule has 2 amide bonds. The van der Waals surface area contributed by atoms with Crippen molar-refractivity contribution in [3.63, 3.8) is 0 Å². The van der Waals surface area contributed by atoms with Crippen molar-refractivity contribution in [2.45, 2.75) is 45.4 Å². The maximum Gasteiger partial charge on any atom is 0.411 e. The number of ether oxygens (including phenoxy) is 2. The van der Waals surface area contributed by atoms with Crippen LogP contribution in [0.4, 0.5) is 16.3 Å². The van der Waals surface area contributed by atoms with Crippen molar-refractivity contribution >= 4 is 34.3 Å². The number of hydrogen-bond acceptors (Lipinski definition) is 10. The van der Waals surface area contributed by atoms with Gasteiger partial charge in [0.1, 0.15) is 29.8 Å². The Balaban J connectivity index is 1.49. The molecule has 1 aromatic heterocycles. The lowest BCUT2D eigenvalue weighted by molar-refractivity contribution is -0.134. The van der Waals surface area contributed by atoms with Crippen molar-refractivity contribution in [3.8, 4) is 11.8 Å². The molecule has 3 aromatic rings. The Bertz CT molecular complexity index is 1550. The van der Waals surface area contributed by atoms with E-state index in [9.17, 15) is 14.7 Å². The number of phenolic OH excluding ortho intramolecular Hbond substituents is 1. The molecule has 1 unspecified atom stereocenters. The standard InChI is InChI=1S/C33H45N7O5/c1-33(2,3)45-32(43)40-15-14-39(21-28(40)30(42)37(6)7)29-25-12-13-38(20-26(25)34-31(35-29)44-17-16-36(4)5)27-19-23(41)18-22-10-8-9-11-24(22)27/h8-11,18-19,28,41H,12-17,20-21H2,1-7H3. The lowest BCUT2D eigenvalue weighted by atomic mass is 10.0. The van der Waals surface area contributed by atoms with E-state index in [1.807, 2.05) is 58.0 Å². The van der Waals surface area contributed by atoms with Crippen LogP contribution in [0.5, 0.6) is 11.8 Å². The molecule has 0 bridgehead atoms. The molecular weight excluding hydrogens is 574 g/mol. The van der Waals surface area contributed by atoms with E-state index in [1.165, 1.54) is 9.80 Å². The molecule has 12 heteroatoms. The van der Waals surface area contributed by atoms with Gasteiger partial charge in [-0.25, -0.2) is 4.79 Å². The van der Waals surface area contributed by atoms with Crippen LogP contribution in [0.15, 0.2) is 36.4 Å². The van der Waals surface area contributed by atoms with Crippen molar-refractivity contribution in [3.05, 3.63) is 47.7 Å². The van der Waals surface area contributed by atoms with Gasteiger partial charge in [-0.3, -0.25) is 9.69 Å².